The summed E-state index contributed by atoms with van der Waals surface area (Å²) in [5.41, 5.74) is 5.85. The average molecular weight is 477 g/mol. The SMILES string of the molecule is NC1=[NH+]C(CF)(c2cccc(CC(=O)c3ccc(Cl)cn3)n2)COC1.O=C([O-])C(F)(F)F. The number of nitrogens with one attached hydrogen (secondary N) is 1. The molecule has 0 spiro atoms. The van der Waals surface area contributed by atoms with Crippen molar-refractivity contribution in [1.29, 1.82) is 0 Å². The van der Waals surface area contributed by atoms with Crippen molar-refractivity contribution < 1.29 is 42.0 Å². The van der Waals surface area contributed by atoms with Gasteiger partial charge in [-0.3, -0.25) is 25.5 Å². The molecule has 0 radical (unpaired) electrons. The van der Waals surface area contributed by atoms with Crippen LogP contribution in [0.4, 0.5) is 17.6 Å². The van der Waals surface area contributed by atoms with Crippen molar-refractivity contribution in [2.24, 2.45) is 5.73 Å². The van der Waals surface area contributed by atoms with Gasteiger partial charge in [0.2, 0.25) is 0 Å². The molecule has 172 valence electrons. The number of carboxylic acid groups (broad SMARTS) is 1. The molecule has 3 N–H and O–H groups in total. The Kier molecular flexibility index (Phi) is 8.22. The molecule has 13 heteroatoms. The number of Topliss-reactive ketones (excluding diaryl/α,β-unsaturated/α-hetero) is 1. The van der Waals surface area contributed by atoms with Gasteiger partial charge < -0.3 is 14.6 Å². The molecule has 0 bridgehead atoms. The van der Waals surface area contributed by atoms with Crippen molar-refractivity contribution in [3.05, 3.63) is 58.6 Å². The zero-order chi connectivity index (χ0) is 23.9. The van der Waals surface area contributed by atoms with Crippen LogP contribution in [0.2, 0.25) is 5.02 Å². The number of aliphatic carboxylic acids is 1. The third kappa shape index (κ3) is 6.69. The Balaban J connectivity index is 0.000000451. The maximum Gasteiger partial charge on any atom is 0.430 e. The van der Waals surface area contributed by atoms with Crippen molar-refractivity contribution in [1.82, 2.24) is 9.97 Å². The second-order valence-electron chi connectivity index (χ2n) is 6.62. The number of halogens is 5. The van der Waals surface area contributed by atoms with Crippen LogP contribution < -0.4 is 15.8 Å². The number of aromatic nitrogens is 2. The summed E-state index contributed by atoms with van der Waals surface area (Å²) in [6.45, 7) is -0.410. The fourth-order valence-electron chi connectivity index (χ4n) is 2.63. The lowest BCUT2D eigenvalue weighted by Crippen LogP contribution is -2.92. The number of ketones is 1. The molecule has 0 amide bonds. The Morgan fingerprint density at radius 1 is 1.28 bits per heavy atom. The highest BCUT2D eigenvalue weighted by Crippen LogP contribution is 2.18. The standard InChI is InChI=1S/C17H16ClFN4O2.C2HF3O2/c18-11-4-5-13(21-7-11)14(24)6-12-2-1-3-15(22-12)17(9-19)10-25-8-16(20)23-17;3-2(4,5)1(6)7/h1-5,7H,6,8-10H2,(H2,20,23);(H,6,7). The van der Waals surface area contributed by atoms with E-state index in [1.165, 1.54) is 6.20 Å². The molecule has 0 fully saturated rings. The molecule has 0 saturated heterocycles. The second kappa shape index (κ2) is 10.5. The minimum Gasteiger partial charge on any atom is -0.542 e. The first-order valence-electron chi connectivity index (χ1n) is 8.89. The van der Waals surface area contributed by atoms with Gasteiger partial charge in [-0.25, -0.2) is 4.39 Å². The number of carbonyl (C=O) groups excluding carboxylic acids is 2. The van der Waals surface area contributed by atoms with Crippen LogP contribution in [0.1, 0.15) is 21.9 Å². The smallest absolute Gasteiger partial charge is 0.430 e. The van der Waals surface area contributed by atoms with Crippen molar-refractivity contribution in [3.8, 4) is 0 Å². The van der Waals surface area contributed by atoms with Crippen molar-refractivity contribution >= 4 is 29.2 Å². The number of alkyl halides is 4. The molecule has 3 rings (SSSR count). The van der Waals surface area contributed by atoms with Crippen LogP contribution in [0.15, 0.2) is 36.5 Å². The van der Waals surface area contributed by atoms with E-state index < -0.39 is 24.4 Å². The van der Waals surface area contributed by atoms with Gasteiger partial charge in [0.25, 0.3) is 5.84 Å². The number of carboxylic acids is 1. The third-order valence-electron chi connectivity index (χ3n) is 4.12. The van der Waals surface area contributed by atoms with Crippen LogP contribution in [0.25, 0.3) is 0 Å². The molecule has 2 aromatic heterocycles. The number of nitrogens with two attached hydrogens (primary N) is 1. The van der Waals surface area contributed by atoms with E-state index >= 15 is 0 Å². The Hall–Kier alpha value is -3.12. The lowest BCUT2D eigenvalue weighted by Gasteiger charge is -2.27. The van der Waals surface area contributed by atoms with Crippen LogP contribution in [-0.2, 0) is 21.5 Å². The van der Waals surface area contributed by atoms with Gasteiger partial charge in [0.1, 0.15) is 24.9 Å². The molecule has 1 aliphatic rings. The van der Waals surface area contributed by atoms with Crippen LogP contribution >= 0.6 is 11.6 Å². The van der Waals surface area contributed by atoms with Gasteiger partial charge >= 0.3 is 6.18 Å². The number of pyridine rings is 2. The molecule has 1 atom stereocenters. The minimum absolute atomic E-state index is 0.0465. The summed E-state index contributed by atoms with van der Waals surface area (Å²) in [6, 6.07) is 8.28. The van der Waals surface area contributed by atoms with E-state index in [9.17, 15) is 22.4 Å². The van der Waals surface area contributed by atoms with Crippen LogP contribution in [0.3, 0.4) is 0 Å². The molecular weight excluding hydrogens is 460 g/mol. The zero-order valence-electron chi connectivity index (χ0n) is 16.3. The maximum absolute atomic E-state index is 13.7. The Bertz CT molecular complexity index is 1000. The van der Waals surface area contributed by atoms with Crippen LogP contribution in [0.5, 0.6) is 0 Å². The number of amidine groups is 1. The molecular formula is C19H17ClF4N4O4. The highest BCUT2D eigenvalue weighted by atomic mass is 35.5. The van der Waals surface area contributed by atoms with E-state index in [2.05, 4.69) is 15.0 Å². The molecule has 8 nitrogen and oxygen atoms in total. The summed E-state index contributed by atoms with van der Waals surface area (Å²) >= 11 is 5.77. The van der Waals surface area contributed by atoms with Gasteiger partial charge in [0.05, 0.1) is 23.7 Å². The van der Waals surface area contributed by atoms with Gasteiger partial charge in [0.15, 0.2) is 11.3 Å². The summed E-state index contributed by atoms with van der Waals surface area (Å²) in [7, 11) is 0. The zero-order valence-corrected chi connectivity index (χ0v) is 17.0. The van der Waals surface area contributed by atoms with E-state index in [0.29, 0.717) is 27.9 Å². The average Bonchev–Trinajstić information content (AvgIpc) is 2.74. The summed E-state index contributed by atoms with van der Waals surface area (Å²) < 4.78 is 50.6. The predicted molar refractivity (Wildman–Crippen MR) is 101 cm³/mol. The Labute approximate surface area is 184 Å². The molecule has 0 aromatic carbocycles. The summed E-state index contributed by atoms with van der Waals surface area (Å²) in [5.74, 6) is -2.86. The lowest BCUT2D eigenvalue weighted by molar-refractivity contribution is -0.582. The first kappa shape index (κ1) is 25.1. The molecule has 2 aromatic rings. The minimum atomic E-state index is -5.19. The van der Waals surface area contributed by atoms with Gasteiger partial charge in [0, 0.05) is 11.9 Å². The van der Waals surface area contributed by atoms with Gasteiger partial charge in [-0.2, -0.15) is 13.2 Å². The number of hydrogen-bond acceptors (Lipinski definition) is 7. The first-order valence-corrected chi connectivity index (χ1v) is 9.27. The normalized spacial score (nSPS) is 18.2. The van der Waals surface area contributed by atoms with E-state index in [1.54, 1.807) is 30.3 Å². The largest absolute Gasteiger partial charge is 0.542 e. The van der Waals surface area contributed by atoms with Crippen molar-refractivity contribution in [3.63, 3.8) is 0 Å². The van der Waals surface area contributed by atoms with Crippen LogP contribution in [-0.4, -0.2) is 53.6 Å². The number of ether oxygens (including phenoxy) is 1. The summed E-state index contributed by atoms with van der Waals surface area (Å²) in [5, 5.41) is 9.24. The fraction of sp³-hybridized carbons (Fsp3) is 0.316. The monoisotopic (exact) mass is 476 g/mol. The van der Waals surface area contributed by atoms with E-state index in [4.69, 9.17) is 32.0 Å². The highest BCUT2D eigenvalue weighted by Gasteiger charge is 2.40. The van der Waals surface area contributed by atoms with E-state index in [1.807, 2.05) is 0 Å². The predicted octanol–water partition coefficient (Wildman–Crippen LogP) is -0.513. The lowest BCUT2D eigenvalue weighted by atomic mass is 9.96. The molecule has 3 heterocycles. The number of hydrogen-bond donors (Lipinski definition) is 2. The quantitative estimate of drug-likeness (QED) is 0.438. The van der Waals surface area contributed by atoms with Gasteiger partial charge in [-0.05, 0) is 24.3 Å². The topological polar surface area (TPSA) is 132 Å². The number of carbonyl (C=O) groups is 2. The second-order valence-corrected chi connectivity index (χ2v) is 7.06. The highest BCUT2D eigenvalue weighted by molar-refractivity contribution is 6.30. The molecule has 0 aliphatic carbocycles. The molecule has 1 unspecified atom stereocenters. The van der Waals surface area contributed by atoms with E-state index in [-0.39, 0.29) is 25.4 Å². The number of nitrogens with zero attached hydrogens (tertiary/aromatic N) is 2. The van der Waals surface area contributed by atoms with E-state index in [0.717, 1.165) is 0 Å². The summed E-state index contributed by atoms with van der Waals surface area (Å²) in [4.78, 5) is 32.5. The Morgan fingerprint density at radius 3 is 2.50 bits per heavy atom. The third-order valence-corrected chi connectivity index (χ3v) is 4.34. The summed E-state index contributed by atoms with van der Waals surface area (Å²) in [6.07, 6.45) is -3.73. The van der Waals surface area contributed by atoms with Crippen LogP contribution in [0, 0.1) is 0 Å². The van der Waals surface area contributed by atoms with Crippen molar-refractivity contribution in [2.45, 2.75) is 18.1 Å². The number of rotatable bonds is 5. The van der Waals surface area contributed by atoms with Gasteiger partial charge in [-0.15, -0.1) is 0 Å². The molecule has 1 aliphatic heterocycles. The maximum atomic E-state index is 13.7. The van der Waals surface area contributed by atoms with Gasteiger partial charge in [-0.1, -0.05) is 17.7 Å². The van der Waals surface area contributed by atoms with Crippen molar-refractivity contribution in [2.75, 3.05) is 19.9 Å². The fourth-order valence-corrected chi connectivity index (χ4v) is 2.75. The molecule has 0 saturated carbocycles. The first-order chi connectivity index (χ1) is 15.0. The Morgan fingerprint density at radius 2 is 1.97 bits per heavy atom. The molecule has 32 heavy (non-hydrogen) atoms.